The van der Waals surface area contributed by atoms with E-state index in [-0.39, 0.29) is 11.9 Å². The molecule has 2 N–H and O–H groups in total. The molecule has 0 bridgehead atoms. The summed E-state index contributed by atoms with van der Waals surface area (Å²) in [6, 6.07) is 9.84. The fourth-order valence-corrected chi connectivity index (χ4v) is 3.34. The molecule has 3 rings (SSSR count). The number of benzene rings is 1. The van der Waals surface area contributed by atoms with E-state index in [0.717, 1.165) is 28.8 Å². The summed E-state index contributed by atoms with van der Waals surface area (Å²) >= 11 is 1.61. The normalized spacial score (nSPS) is 12.7. The third-order valence-electron chi connectivity index (χ3n) is 3.72. The van der Waals surface area contributed by atoms with Gasteiger partial charge in [0.1, 0.15) is 5.82 Å². The van der Waals surface area contributed by atoms with Crippen molar-refractivity contribution < 1.29 is 4.79 Å². The van der Waals surface area contributed by atoms with Crippen LogP contribution >= 0.6 is 11.3 Å². The van der Waals surface area contributed by atoms with Crippen molar-refractivity contribution in [2.24, 2.45) is 5.92 Å². The first kappa shape index (κ1) is 15.7. The van der Waals surface area contributed by atoms with Gasteiger partial charge in [-0.05, 0) is 46.9 Å². The van der Waals surface area contributed by atoms with Gasteiger partial charge in [-0.1, -0.05) is 26.0 Å². The van der Waals surface area contributed by atoms with Crippen LogP contribution < -0.4 is 5.32 Å². The highest BCUT2D eigenvalue weighted by Crippen LogP contribution is 2.22. The highest BCUT2D eigenvalue weighted by molar-refractivity contribution is 7.08. The van der Waals surface area contributed by atoms with Gasteiger partial charge in [-0.15, -0.1) is 0 Å². The lowest BCUT2D eigenvalue weighted by atomic mass is 10.0. The fraction of sp³-hybridized carbons (Fsp3) is 0.333. The molecule has 1 aromatic carbocycles. The third-order valence-corrected chi connectivity index (χ3v) is 4.46. The van der Waals surface area contributed by atoms with Crippen LogP contribution in [0.4, 0.5) is 0 Å². The van der Waals surface area contributed by atoms with Gasteiger partial charge in [0.15, 0.2) is 0 Å². The van der Waals surface area contributed by atoms with Crippen molar-refractivity contribution in [1.82, 2.24) is 15.3 Å². The molecule has 120 valence electrons. The van der Waals surface area contributed by atoms with Crippen molar-refractivity contribution in [2.75, 3.05) is 0 Å². The minimum absolute atomic E-state index is 0.0366. The van der Waals surface area contributed by atoms with E-state index >= 15 is 0 Å². The molecule has 2 aromatic heterocycles. The monoisotopic (exact) mass is 327 g/mol. The minimum Gasteiger partial charge on any atom is -0.346 e. The smallest absolute Gasteiger partial charge is 0.225 e. The van der Waals surface area contributed by atoms with Gasteiger partial charge in [-0.25, -0.2) is 4.98 Å². The summed E-state index contributed by atoms with van der Waals surface area (Å²) in [6.45, 7) is 4.31. The molecule has 1 amide bonds. The lowest BCUT2D eigenvalue weighted by Crippen LogP contribution is -2.31. The molecule has 0 saturated carbocycles. The van der Waals surface area contributed by atoms with Crippen molar-refractivity contribution in [3.8, 4) is 0 Å². The number of nitrogens with one attached hydrogen (secondary N) is 2. The molecular weight excluding hydrogens is 306 g/mol. The molecule has 1 atom stereocenters. The zero-order valence-corrected chi connectivity index (χ0v) is 14.2. The van der Waals surface area contributed by atoms with Crippen molar-refractivity contribution in [1.29, 1.82) is 0 Å². The summed E-state index contributed by atoms with van der Waals surface area (Å²) in [7, 11) is 0. The van der Waals surface area contributed by atoms with Gasteiger partial charge in [-0.3, -0.25) is 4.79 Å². The number of thiophene rings is 1. The largest absolute Gasteiger partial charge is 0.346 e. The standard InChI is InChI=1S/C18H21N3OS/c1-12(2)9-16(19-17(22)10-13-7-8-23-11-13)18-20-14-5-3-4-6-15(14)21-18/h3-8,11-12,16H,9-10H2,1-2H3,(H,19,22)(H,20,21). The molecule has 23 heavy (non-hydrogen) atoms. The Morgan fingerprint density at radius 3 is 2.83 bits per heavy atom. The van der Waals surface area contributed by atoms with E-state index in [2.05, 4.69) is 29.1 Å². The van der Waals surface area contributed by atoms with E-state index in [1.54, 1.807) is 11.3 Å². The number of para-hydroxylation sites is 2. The zero-order chi connectivity index (χ0) is 16.2. The predicted octanol–water partition coefficient (Wildman–Crippen LogP) is 4.07. The summed E-state index contributed by atoms with van der Waals surface area (Å²) in [6.07, 6.45) is 1.27. The summed E-state index contributed by atoms with van der Waals surface area (Å²) in [5.41, 5.74) is 2.99. The first-order chi connectivity index (χ1) is 11.1. The maximum atomic E-state index is 12.3. The maximum Gasteiger partial charge on any atom is 0.225 e. The molecule has 0 fully saturated rings. The summed E-state index contributed by atoms with van der Waals surface area (Å²) in [5, 5.41) is 7.14. The van der Waals surface area contributed by atoms with Gasteiger partial charge < -0.3 is 10.3 Å². The second-order valence-electron chi connectivity index (χ2n) is 6.20. The molecule has 5 heteroatoms. The van der Waals surface area contributed by atoms with Crippen LogP contribution in [0.5, 0.6) is 0 Å². The summed E-state index contributed by atoms with van der Waals surface area (Å²) in [4.78, 5) is 20.3. The number of imidazole rings is 1. The van der Waals surface area contributed by atoms with E-state index in [1.165, 1.54) is 0 Å². The molecular formula is C18H21N3OS. The Hall–Kier alpha value is -2.14. The number of nitrogens with zero attached hydrogens (tertiary/aromatic N) is 1. The molecule has 0 aliphatic heterocycles. The Labute approximate surface area is 140 Å². The number of rotatable bonds is 6. The molecule has 0 aliphatic rings. The SMILES string of the molecule is CC(C)CC(NC(=O)Cc1ccsc1)c1nc2ccccc2[nH]1. The van der Waals surface area contributed by atoms with Gasteiger partial charge in [-0.2, -0.15) is 11.3 Å². The number of hydrogen-bond donors (Lipinski definition) is 2. The number of aromatic amines is 1. The van der Waals surface area contributed by atoms with Crippen molar-refractivity contribution in [3.05, 3.63) is 52.5 Å². The Balaban J connectivity index is 1.78. The third kappa shape index (κ3) is 3.99. The lowest BCUT2D eigenvalue weighted by Gasteiger charge is -2.18. The van der Waals surface area contributed by atoms with Crippen LogP contribution in [-0.4, -0.2) is 15.9 Å². The van der Waals surface area contributed by atoms with Gasteiger partial charge in [0.05, 0.1) is 23.5 Å². The molecule has 0 radical (unpaired) electrons. The van der Waals surface area contributed by atoms with Crippen LogP contribution in [0.3, 0.4) is 0 Å². The van der Waals surface area contributed by atoms with E-state index < -0.39 is 0 Å². The minimum atomic E-state index is -0.0893. The number of hydrogen-bond acceptors (Lipinski definition) is 3. The Kier molecular flexibility index (Phi) is 4.76. The van der Waals surface area contributed by atoms with Crippen LogP contribution in [0.2, 0.25) is 0 Å². The van der Waals surface area contributed by atoms with Crippen LogP contribution in [0, 0.1) is 5.92 Å². The Bertz CT molecular complexity index is 744. The maximum absolute atomic E-state index is 12.3. The van der Waals surface area contributed by atoms with Gasteiger partial charge in [0.2, 0.25) is 5.91 Å². The van der Waals surface area contributed by atoms with Crippen molar-refractivity contribution >= 4 is 28.3 Å². The summed E-state index contributed by atoms with van der Waals surface area (Å²) in [5.74, 6) is 1.34. The number of fused-ring (bicyclic) bond motifs is 1. The summed E-state index contributed by atoms with van der Waals surface area (Å²) < 4.78 is 0. The van der Waals surface area contributed by atoms with Crippen LogP contribution in [0.15, 0.2) is 41.1 Å². The topological polar surface area (TPSA) is 57.8 Å². The molecule has 4 nitrogen and oxygen atoms in total. The van der Waals surface area contributed by atoms with E-state index in [9.17, 15) is 4.79 Å². The molecule has 0 saturated heterocycles. The Morgan fingerprint density at radius 1 is 1.30 bits per heavy atom. The molecule has 0 aliphatic carbocycles. The molecule has 0 spiro atoms. The number of aromatic nitrogens is 2. The lowest BCUT2D eigenvalue weighted by molar-refractivity contribution is -0.121. The van der Waals surface area contributed by atoms with Crippen LogP contribution in [-0.2, 0) is 11.2 Å². The predicted molar refractivity (Wildman–Crippen MR) is 94.5 cm³/mol. The average Bonchev–Trinajstić information content (AvgIpc) is 3.14. The number of amides is 1. The van der Waals surface area contributed by atoms with Gasteiger partial charge >= 0.3 is 0 Å². The highest BCUT2D eigenvalue weighted by Gasteiger charge is 2.19. The van der Waals surface area contributed by atoms with E-state index in [1.807, 2.05) is 41.1 Å². The van der Waals surface area contributed by atoms with E-state index in [4.69, 9.17) is 0 Å². The highest BCUT2D eigenvalue weighted by atomic mass is 32.1. The Morgan fingerprint density at radius 2 is 2.13 bits per heavy atom. The van der Waals surface area contributed by atoms with Crippen LogP contribution in [0.25, 0.3) is 11.0 Å². The first-order valence-electron chi connectivity index (χ1n) is 7.87. The van der Waals surface area contributed by atoms with Crippen LogP contribution in [0.1, 0.15) is 37.7 Å². The quantitative estimate of drug-likeness (QED) is 0.717. The number of carbonyl (C=O) groups excluding carboxylic acids is 1. The average molecular weight is 327 g/mol. The second-order valence-corrected chi connectivity index (χ2v) is 6.98. The molecule has 1 unspecified atom stereocenters. The van der Waals surface area contributed by atoms with E-state index in [0.29, 0.717) is 12.3 Å². The molecule has 2 heterocycles. The zero-order valence-electron chi connectivity index (χ0n) is 13.4. The second kappa shape index (κ2) is 6.96. The van der Waals surface area contributed by atoms with Gasteiger partial charge in [0, 0.05) is 0 Å². The first-order valence-corrected chi connectivity index (χ1v) is 8.81. The number of H-pyrrole nitrogens is 1. The van der Waals surface area contributed by atoms with Crippen molar-refractivity contribution in [2.45, 2.75) is 32.7 Å². The fourth-order valence-electron chi connectivity index (χ4n) is 2.67. The van der Waals surface area contributed by atoms with Crippen molar-refractivity contribution in [3.63, 3.8) is 0 Å². The van der Waals surface area contributed by atoms with Gasteiger partial charge in [0.25, 0.3) is 0 Å². The molecule has 3 aromatic rings. The number of carbonyl (C=O) groups is 1.